The maximum absolute atomic E-state index is 11.5. The smallest absolute Gasteiger partial charge is 0.323 e. The Balaban J connectivity index is 2.11. The molecule has 1 aromatic heterocycles. The summed E-state index contributed by atoms with van der Waals surface area (Å²) in [5.74, 6) is 0.728. The molecule has 0 radical (unpaired) electrons. The minimum Gasteiger partial charge on any atom is -0.467 e. The lowest BCUT2D eigenvalue weighted by Gasteiger charge is -2.09. The van der Waals surface area contributed by atoms with Crippen LogP contribution in [0.5, 0.6) is 0 Å². The van der Waals surface area contributed by atoms with Crippen molar-refractivity contribution in [3.63, 3.8) is 0 Å². The van der Waals surface area contributed by atoms with E-state index in [0.29, 0.717) is 24.7 Å². The Hall–Kier alpha value is -1.47. The third kappa shape index (κ3) is 6.30. The number of rotatable bonds is 8. The van der Waals surface area contributed by atoms with E-state index in [9.17, 15) is 9.59 Å². The Morgan fingerprint density at radius 2 is 2.37 bits per heavy atom. The van der Waals surface area contributed by atoms with Gasteiger partial charge in [0.2, 0.25) is 5.91 Å². The standard InChI is InChI=1S/C12H18N2O4S/c1-2-17-12(16)10(13)7-19-8-11(15)14-6-9-4-3-5-18-9/h3-5,10H,2,6-8,13H2,1H3,(H,14,15). The van der Waals surface area contributed by atoms with Gasteiger partial charge in [0.15, 0.2) is 0 Å². The Morgan fingerprint density at radius 1 is 1.58 bits per heavy atom. The highest BCUT2D eigenvalue weighted by molar-refractivity contribution is 8.00. The lowest BCUT2D eigenvalue weighted by molar-refractivity contribution is -0.144. The summed E-state index contributed by atoms with van der Waals surface area (Å²) < 4.78 is 9.85. The lowest BCUT2D eigenvalue weighted by Crippen LogP contribution is -2.35. The number of hydrogen-bond acceptors (Lipinski definition) is 6. The first-order valence-corrected chi connectivity index (χ1v) is 7.08. The van der Waals surface area contributed by atoms with Crippen LogP contribution >= 0.6 is 11.8 Å². The molecule has 0 saturated heterocycles. The third-order valence-corrected chi connectivity index (χ3v) is 3.22. The molecule has 1 aromatic rings. The van der Waals surface area contributed by atoms with Gasteiger partial charge in [-0.3, -0.25) is 9.59 Å². The maximum Gasteiger partial charge on any atom is 0.323 e. The molecule has 0 aliphatic heterocycles. The molecule has 106 valence electrons. The molecule has 1 rings (SSSR count). The van der Waals surface area contributed by atoms with Crippen LogP contribution < -0.4 is 11.1 Å². The number of thioether (sulfide) groups is 1. The van der Waals surface area contributed by atoms with Crippen molar-refractivity contribution in [2.75, 3.05) is 18.1 Å². The molecule has 7 heteroatoms. The minimum absolute atomic E-state index is 0.127. The molecule has 0 aromatic carbocycles. The van der Waals surface area contributed by atoms with Crippen molar-refractivity contribution in [3.8, 4) is 0 Å². The molecular formula is C12H18N2O4S. The minimum atomic E-state index is -0.692. The van der Waals surface area contributed by atoms with Crippen molar-refractivity contribution in [2.24, 2.45) is 5.73 Å². The number of nitrogens with two attached hydrogens (primary N) is 1. The largest absolute Gasteiger partial charge is 0.467 e. The van der Waals surface area contributed by atoms with Gasteiger partial charge in [-0.2, -0.15) is 0 Å². The molecule has 0 aliphatic rings. The molecule has 0 saturated carbocycles. The first-order chi connectivity index (χ1) is 9.13. The molecule has 1 heterocycles. The topological polar surface area (TPSA) is 94.6 Å². The quantitative estimate of drug-likeness (QED) is 0.677. The summed E-state index contributed by atoms with van der Waals surface area (Å²) in [7, 11) is 0. The monoisotopic (exact) mass is 286 g/mol. The summed E-state index contributed by atoms with van der Waals surface area (Å²) >= 11 is 1.29. The highest BCUT2D eigenvalue weighted by Crippen LogP contribution is 2.04. The lowest BCUT2D eigenvalue weighted by atomic mass is 10.4. The van der Waals surface area contributed by atoms with Crippen molar-refractivity contribution in [2.45, 2.75) is 19.5 Å². The van der Waals surface area contributed by atoms with E-state index in [1.165, 1.54) is 11.8 Å². The van der Waals surface area contributed by atoms with Gasteiger partial charge < -0.3 is 20.2 Å². The van der Waals surface area contributed by atoms with E-state index in [-0.39, 0.29) is 11.7 Å². The van der Waals surface area contributed by atoms with Gasteiger partial charge in [-0.1, -0.05) is 0 Å². The van der Waals surface area contributed by atoms with Gasteiger partial charge in [-0.05, 0) is 19.1 Å². The fraction of sp³-hybridized carbons (Fsp3) is 0.500. The summed E-state index contributed by atoms with van der Waals surface area (Å²) in [5, 5.41) is 2.70. The third-order valence-electron chi connectivity index (χ3n) is 2.16. The average Bonchev–Trinajstić information content (AvgIpc) is 2.89. The van der Waals surface area contributed by atoms with E-state index >= 15 is 0 Å². The number of ether oxygens (including phenoxy) is 1. The summed E-state index contributed by atoms with van der Waals surface area (Å²) in [6, 6.07) is 2.85. The fourth-order valence-electron chi connectivity index (χ4n) is 1.25. The van der Waals surface area contributed by atoms with Gasteiger partial charge in [-0.25, -0.2) is 0 Å². The van der Waals surface area contributed by atoms with Crippen LogP contribution in [0.15, 0.2) is 22.8 Å². The highest BCUT2D eigenvalue weighted by Gasteiger charge is 2.15. The van der Waals surface area contributed by atoms with Crippen LogP contribution in [0.1, 0.15) is 12.7 Å². The number of furan rings is 1. The second-order valence-electron chi connectivity index (χ2n) is 3.73. The number of carbonyl (C=O) groups excluding carboxylic acids is 2. The molecule has 19 heavy (non-hydrogen) atoms. The number of hydrogen-bond donors (Lipinski definition) is 2. The predicted molar refractivity (Wildman–Crippen MR) is 72.5 cm³/mol. The van der Waals surface area contributed by atoms with Gasteiger partial charge in [0.1, 0.15) is 11.8 Å². The molecule has 1 amide bonds. The SMILES string of the molecule is CCOC(=O)C(N)CSCC(=O)NCc1ccco1. The van der Waals surface area contributed by atoms with E-state index in [1.54, 1.807) is 25.3 Å². The van der Waals surface area contributed by atoms with Crippen LogP contribution in [-0.4, -0.2) is 36.0 Å². The van der Waals surface area contributed by atoms with Gasteiger partial charge >= 0.3 is 5.97 Å². The number of carbonyl (C=O) groups is 2. The van der Waals surface area contributed by atoms with Crippen LogP contribution in [0.25, 0.3) is 0 Å². The zero-order valence-corrected chi connectivity index (χ0v) is 11.6. The van der Waals surface area contributed by atoms with Crippen molar-refractivity contribution < 1.29 is 18.7 Å². The number of amides is 1. The highest BCUT2D eigenvalue weighted by atomic mass is 32.2. The average molecular weight is 286 g/mol. The van der Waals surface area contributed by atoms with Crippen LogP contribution in [0.4, 0.5) is 0 Å². The summed E-state index contributed by atoms with van der Waals surface area (Å²) in [6.45, 7) is 2.39. The first kappa shape index (κ1) is 15.6. The Bertz CT molecular complexity index is 394. The Morgan fingerprint density at radius 3 is 3.00 bits per heavy atom. The fourth-order valence-corrected chi connectivity index (χ4v) is 2.04. The summed E-state index contributed by atoms with van der Waals surface area (Å²) in [5.41, 5.74) is 5.60. The van der Waals surface area contributed by atoms with Gasteiger partial charge in [-0.15, -0.1) is 11.8 Å². The second kappa shape index (κ2) is 8.60. The van der Waals surface area contributed by atoms with E-state index < -0.39 is 12.0 Å². The van der Waals surface area contributed by atoms with Crippen LogP contribution in [0, 0.1) is 0 Å². The van der Waals surface area contributed by atoms with Gasteiger partial charge in [0.05, 0.1) is 25.2 Å². The van der Waals surface area contributed by atoms with E-state index in [0.717, 1.165) is 0 Å². The molecule has 0 bridgehead atoms. The van der Waals surface area contributed by atoms with E-state index in [1.807, 2.05) is 0 Å². The van der Waals surface area contributed by atoms with Crippen LogP contribution in [0.3, 0.4) is 0 Å². The zero-order chi connectivity index (χ0) is 14.1. The maximum atomic E-state index is 11.5. The molecular weight excluding hydrogens is 268 g/mol. The molecule has 0 fully saturated rings. The number of nitrogens with one attached hydrogen (secondary N) is 1. The van der Waals surface area contributed by atoms with E-state index in [2.05, 4.69) is 5.32 Å². The van der Waals surface area contributed by atoms with Crippen molar-refractivity contribution >= 4 is 23.6 Å². The molecule has 3 N–H and O–H groups in total. The summed E-state index contributed by atoms with van der Waals surface area (Å²) in [4.78, 5) is 22.7. The van der Waals surface area contributed by atoms with Crippen LogP contribution in [-0.2, 0) is 20.9 Å². The van der Waals surface area contributed by atoms with Gasteiger partial charge in [0.25, 0.3) is 0 Å². The normalized spacial score (nSPS) is 11.9. The molecule has 1 unspecified atom stereocenters. The molecule has 1 atom stereocenters. The Kier molecular flexibility index (Phi) is 7.06. The van der Waals surface area contributed by atoms with Gasteiger partial charge in [0, 0.05) is 5.75 Å². The number of esters is 1. The first-order valence-electron chi connectivity index (χ1n) is 5.92. The van der Waals surface area contributed by atoms with Crippen molar-refractivity contribution in [3.05, 3.63) is 24.2 Å². The molecule has 0 spiro atoms. The zero-order valence-electron chi connectivity index (χ0n) is 10.8. The van der Waals surface area contributed by atoms with Crippen LogP contribution in [0.2, 0.25) is 0 Å². The summed E-state index contributed by atoms with van der Waals surface area (Å²) in [6.07, 6.45) is 1.55. The van der Waals surface area contributed by atoms with Crippen molar-refractivity contribution in [1.82, 2.24) is 5.32 Å². The van der Waals surface area contributed by atoms with E-state index in [4.69, 9.17) is 14.9 Å². The Labute approximate surface area is 116 Å². The van der Waals surface area contributed by atoms with Crippen molar-refractivity contribution in [1.29, 1.82) is 0 Å². The molecule has 6 nitrogen and oxygen atoms in total. The molecule has 0 aliphatic carbocycles. The second-order valence-corrected chi connectivity index (χ2v) is 4.76. The predicted octanol–water partition coefficient (Wildman–Crippen LogP) is 0.519.